The highest BCUT2D eigenvalue weighted by atomic mass is 35.5. The third-order valence-electron chi connectivity index (χ3n) is 4.06. The number of pyridine rings is 1. The molecule has 0 aliphatic carbocycles. The van der Waals surface area contributed by atoms with Crippen LogP contribution in [0.5, 0.6) is 0 Å². The Kier molecular flexibility index (Phi) is 3.20. The van der Waals surface area contributed by atoms with E-state index in [2.05, 4.69) is 40.4 Å². The summed E-state index contributed by atoms with van der Waals surface area (Å²) in [6.07, 6.45) is 2.50. The van der Waals surface area contributed by atoms with E-state index < -0.39 is 0 Å². The van der Waals surface area contributed by atoms with Crippen LogP contribution in [0.25, 0.3) is 21.8 Å². The summed E-state index contributed by atoms with van der Waals surface area (Å²) < 4.78 is 1.80. The van der Waals surface area contributed by atoms with Crippen molar-refractivity contribution in [2.24, 2.45) is 7.05 Å². The molecule has 0 aliphatic rings. The molecule has 0 fully saturated rings. The van der Waals surface area contributed by atoms with Crippen LogP contribution in [-0.2, 0) is 13.5 Å². The van der Waals surface area contributed by atoms with Crippen LogP contribution in [0.3, 0.4) is 0 Å². The highest BCUT2D eigenvalue weighted by Crippen LogP contribution is 2.24. The van der Waals surface area contributed by atoms with Gasteiger partial charge in [-0.25, -0.2) is 0 Å². The van der Waals surface area contributed by atoms with E-state index in [9.17, 15) is 0 Å². The van der Waals surface area contributed by atoms with Gasteiger partial charge in [-0.1, -0.05) is 23.7 Å². The maximum atomic E-state index is 6.03. The number of halogens is 1. The summed E-state index contributed by atoms with van der Waals surface area (Å²) in [4.78, 5) is 4.32. The van der Waals surface area contributed by atoms with Crippen molar-refractivity contribution < 1.29 is 0 Å². The van der Waals surface area contributed by atoms with Crippen molar-refractivity contribution in [3.8, 4) is 0 Å². The molecule has 4 nitrogen and oxygen atoms in total. The molecule has 0 bridgehead atoms. The first-order valence-electron chi connectivity index (χ1n) is 7.35. The average molecular weight is 323 g/mol. The molecule has 0 saturated carbocycles. The first-order chi connectivity index (χ1) is 11.1. The number of nitrogens with two attached hydrogens (primary N) is 1. The number of fused-ring (bicyclic) bond motifs is 2. The van der Waals surface area contributed by atoms with Gasteiger partial charge in [-0.2, -0.15) is 5.10 Å². The van der Waals surface area contributed by atoms with Crippen LogP contribution in [0.15, 0.2) is 48.7 Å². The van der Waals surface area contributed by atoms with Gasteiger partial charge >= 0.3 is 0 Å². The molecule has 5 heteroatoms. The van der Waals surface area contributed by atoms with Gasteiger partial charge in [-0.05, 0) is 47.9 Å². The predicted molar refractivity (Wildman–Crippen MR) is 94.7 cm³/mol. The molecule has 114 valence electrons. The number of hydrogen-bond acceptors (Lipinski definition) is 3. The maximum absolute atomic E-state index is 6.03. The van der Waals surface area contributed by atoms with Crippen molar-refractivity contribution in [3.05, 3.63) is 64.8 Å². The Labute approximate surface area is 138 Å². The molecule has 0 spiro atoms. The molecule has 0 radical (unpaired) electrons. The van der Waals surface area contributed by atoms with Gasteiger partial charge < -0.3 is 5.73 Å². The minimum atomic E-state index is 0.568. The van der Waals surface area contributed by atoms with E-state index in [1.807, 2.05) is 19.2 Å². The van der Waals surface area contributed by atoms with Crippen molar-refractivity contribution in [2.75, 3.05) is 5.73 Å². The van der Waals surface area contributed by atoms with Crippen LogP contribution in [0.4, 0.5) is 5.82 Å². The molecule has 0 aliphatic heterocycles. The average Bonchev–Trinajstić information content (AvgIpc) is 2.81. The van der Waals surface area contributed by atoms with Crippen molar-refractivity contribution in [1.82, 2.24) is 14.8 Å². The summed E-state index contributed by atoms with van der Waals surface area (Å²) in [7, 11) is 1.90. The van der Waals surface area contributed by atoms with E-state index in [1.165, 1.54) is 11.1 Å². The molecule has 0 atom stereocenters. The number of rotatable bonds is 2. The zero-order chi connectivity index (χ0) is 16.0. The molecular weight excluding hydrogens is 308 g/mol. The first kappa shape index (κ1) is 14.0. The Bertz CT molecular complexity index is 1040. The summed E-state index contributed by atoms with van der Waals surface area (Å²) in [6, 6.07) is 14.5. The molecule has 4 aromatic rings. The van der Waals surface area contributed by atoms with Crippen molar-refractivity contribution >= 4 is 39.2 Å². The third kappa shape index (κ3) is 2.51. The number of anilines is 1. The maximum Gasteiger partial charge on any atom is 0.153 e. The smallest absolute Gasteiger partial charge is 0.153 e. The number of aromatic nitrogens is 3. The van der Waals surface area contributed by atoms with Gasteiger partial charge in [0.05, 0.1) is 16.1 Å². The normalized spacial score (nSPS) is 11.4. The van der Waals surface area contributed by atoms with E-state index in [4.69, 9.17) is 17.3 Å². The summed E-state index contributed by atoms with van der Waals surface area (Å²) in [6.45, 7) is 0. The van der Waals surface area contributed by atoms with Crippen molar-refractivity contribution in [1.29, 1.82) is 0 Å². The standard InChI is InChI=1S/C18H15ClN4/c1-23-17-5-3-12(8-15(17)18(20)22-23)6-11-2-4-16-13(7-11)9-14(19)10-21-16/h2-5,7-10H,6H2,1H3,(H2,20,22). The molecule has 2 aromatic carbocycles. The van der Waals surface area contributed by atoms with E-state index in [1.54, 1.807) is 10.9 Å². The summed E-state index contributed by atoms with van der Waals surface area (Å²) in [5.41, 5.74) is 10.4. The van der Waals surface area contributed by atoms with E-state index >= 15 is 0 Å². The van der Waals surface area contributed by atoms with Crippen LogP contribution in [-0.4, -0.2) is 14.8 Å². The minimum Gasteiger partial charge on any atom is -0.382 e. The van der Waals surface area contributed by atoms with Gasteiger partial charge in [-0.15, -0.1) is 0 Å². The minimum absolute atomic E-state index is 0.568. The van der Waals surface area contributed by atoms with Gasteiger partial charge in [0, 0.05) is 24.0 Å². The Morgan fingerprint density at radius 2 is 1.87 bits per heavy atom. The van der Waals surface area contributed by atoms with E-state index in [0.29, 0.717) is 10.8 Å². The molecule has 23 heavy (non-hydrogen) atoms. The zero-order valence-electron chi connectivity index (χ0n) is 12.6. The second-order valence-corrected chi connectivity index (χ2v) is 6.15. The number of nitrogen functional groups attached to an aromatic ring is 1. The lowest BCUT2D eigenvalue weighted by atomic mass is 10.0. The lowest BCUT2D eigenvalue weighted by molar-refractivity contribution is 0.802. The molecule has 0 amide bonds. The Hall–Kier alpha value is -2.59. The third-order valence-corrected chi connectivity index (χ3v) is 4.27. The van der Waals surface area contributed by atoms with E-state index in [0.717, 1.165) is 28.2 Å². The molecular formula is C18H15ClN4. The van der Waals surface area contributed by atoms with Crippen LogP contribution in [0.1, 0.15) is 11.1 Å². The highest BCUT2D eigenvalue weighted by Gasteiger charge is 2.07. The van der Waals surface area contributed by atoms with Gasteiger partial charge in [0.2, 0.25) is 0 Å². The lowest BCUT2D eigenvalue weighted by Crippen LogP contribution is -1.91. The molecule has 0 unspecified atom stereocenters. The highest BCUT2D eigenvalue weighted by molar-refractivity contribution is 6.31. The predicted octanol–water partition coefficient (Wildman–Crippen LogP) is 3.95. The number of nitrogens with zero attached hydrogens (tertiary/aromatic N) is 3. The number of aryl methyl sites for hydroxylation is 1. The Balaban J connectivity index is 1.73. The topological polar surface area (TPSA) is 56.7 Å². The fourth-order valence-corrected chi connectivity index (χ4v) is 3.12. The van der Waals surface area contributed by atoms with Crippen LogP contribution in [0.2, 0.25) is 5.02 Å². The number of hydrogen-bond donors (Lipinski definition) is 1. The van der Waals surface area contributed by atoms with Crippen LogP contribution >= 0.6 is 11.6 Å². The fourth-order valence-electron chi connectivity index (χ4n) is 2.95. The first-order valence-corrected chi connectivity index (χ1v) is 7.73. The second kappa shape index (κ2) is 5.25. The monoisotopic (exact) mass is 322 g/mol. The van der Waals surface area contributed by atoms with Crippen molar-refractivity contribution in [2.45, 2.75) is 6.42 Å². The molecule has 4 rings (SSSR count). The molecule has 2 aromatic heterocycles. The van der Waals surface area contributed by atoms with Crippen molar-refractivity contribution in [3.63, 3.8) is 0 Å². The van der Waals surface area contributed by atoms with Crippen LogP contribution < -0.4 is 5.73 Å². The molecule has 2 heterocycles. The molecule has 0 saturated heterocycles. The van der Waals surface area contributed by atoms with Gasteiger partial charge in [-0.3, -0.25) is 9.67 Å². The lowest BCUT2D eigenvalue weighted by Gasteiger charge is -2.05. The van der Waals surface area contributed by atoms with Crippen LogP contribution in [0, 0.1) is 0 Å². The second-order valence-electron chi connectivity index (χ2n) is 5.72. The zero-order valence-corrected chi connectivity index (χ0v) is 13.4. The summed E-state index contributed by atoms with van der Waals surface area (Å²) in [5.74, 6) is 0.568. The largest absolute Gasteiger partial charge is 0.382 e. The van der Waals surface area contributed by atoms with Gasteiger partial charge in [0.1, 0.15) is 0 Å². The Morgan fingerprint density at radius 1 is 1.09 bits per heavy atom. The molecule has 2 N–H and O–H groups in total. The fraction of sp³-hybridized carbons (Fsp3) is 0.111. The summed E-state index contributed by atoms with van der Waals surface area (Å²) >= 11 is 6.03. The summed E-state index contributed by atoms with van der Waals surface area (Å²) in [5, 5.41) is 6.96. The van der Waals surface area contributed by atoms with Gasteiger partial charge in [0.15, 0.2) is 5.82 Å². The Morgan fingerprint density at radius 3 is 2.74 bits per heavy atom. The van der Waals surface area contributed by atoms with Gasteiger partial charge in [0.25, 0.3) is 0 Å². The quantitative estimate of drug-likeness (QED) is 0.608. The number of benzene rings is 2. The van der Waals surface area contributed by atoms with E-state index in [-0.39, 0.29) is 0 Å². The SMILES string of the molecule is Cn1nc(N)c2cc(Cc3ccc4ncc(Cl)cc4c3)ccc21.